The largest absolute Gasteiger partial charge is 0.507 e. The van der Waals surface area contributed by atoms with Gasteiger partial charge in [0.1, 0.15) is 11.7 Å². The van der Waals surface area contributed by atoms with E-state index in [0.717, 1.165) is 24.9 Å². The van der Waals surface area contributed by atoms with E-state index in [1.807, 2.05) is 0 Å². The van der Waals surface area contributed by atoms with Crippen molar-refractivity contribution in [3.05, 3.63) is 27.8 Å². The number of halogens is 1. The number of benzene rings is 1. The summed E-state index contributed by atoms with van der Waals surface area (Å²) in [6, 6.07) is 0.705. The Morgan fingerprint density at radius 2 is 1.95 bits per heavy atom. The van der Waals surface area contributed by atoms with Gasteiger partial charge in [-0.25, -0.2) is 0 Å². The molecule has 3 aliphatic carbocycles. The van der Waals surface area contributed by atoms with Gasteiger partial charge in [0.15, 0.2) is 23.0 Å². The average molecular weight is 559 g/mol. The van der Waals surface area contributed by atoms with Gasteiger partial charge >= 0.3 is 0 Å². The first kappa shape index (κ1) is 27.9. The Morgan fingerprint density at radius 1 is 1.28 bits per heavy atom. The van der Waals surface area contributed by atoms with Gasteiger partial charge in [-0.15, -0.1) is 0 Å². The van der Waals surface area contributed by atoms with Crippen LogP contribution in [-0.4, -0.2) is 87.3 Å². The van der Waals surface area contributed by atoms with Crippen molar-refractivity contribution in [3.8, 4) is 5.75 Å². The topological polar surface area (TPSA) is 165 Å². The van der Waals surface area contributed by atoms with E-state index in [1.165, 1.54) is 11.0 Å². The highest BCUT2D eigenvalue weighted by Gasteiger charge is 2.67. The quantitative estimate of drug-likeness (QED) is 0.404. The molecule has 210 valence electrons. The number of phenols is 1. The lowest BCUT2D eigenvalue weighted by atomic mass is 9.52. The van der Waals surface area contributed by atoms with Crippen molar-refractivity contribution in [3.63, 3.8) is 0 Å². The van der Waals surface area contributed by atoms with Crippen molar-refractivity contribution in [2.45, 2.75) is 63.3 Å². The molecule has 7 unspecified atom stereocenters. The zero-order valence-corrected chi connectivity index (χ0v) is 23.3. The standard InChI is InChI=1S/C28H35ClN4O6/c1-11(2)33-7-5-6-16(33)13-10-17(34)19-14(21(13)29)8-12-9-15-22(32(3)4)24(36)20(27(31)38)25(30)28(15,39)26(37)18(12)23(19)35/h10-12,15-16,18,20,22,30,34,39H,5-9H2,1-4H3,(H2,31,38). The molecule has 1 aliphatic heterocycles. The number of ketones is 3. The molecule has 0 aromatic heterocycles. The number of carbonyl (C=O) groups excluding carboxylic acids is 4. The lowest BCUT2D eigenvalue weighted by molar-refractivity contribution is -0.157. The average Bonchev–Trinajstić information content (AvgIpc) is 3.33. The molecule has 1 heterocycles. The fourth-order valence-corrected chi connectivity index (χ4v) is 8.06. The van der Waals surface area contributed by atoms with E-state index in [9.17, 15) is 29.4 Å². The third kappa shape index (κ3) is 3.83. The summed E-state index contributed by atoms with van der Waals surface area (Å²) >= 11 is 6.95. The first-order chi connectivity index (χ1) is 18.2. The molecule has 1 saturated heterocycles. The SMILES string of the molecule is CC(C)N1CCCC1c1cc(O)c2c(c1Cl)CC1CC3C(N(C)C)C(=O)C(C(N)=O)C(=N)C3(O)C(=O)C1C2=O. The van der Waals surface area contributed by atoms with E-state index in [-0.39, 0.29) is 36.2 Å². The molecule has 1 aromatic rings. The number of aromatic hydroxyl groups is 1. The third-order valence-corrected chi connectivity index (χ3v) is 9.85. The lowest BCUT2D eigenvalue weighted by Gasteiger charge is -2.53. The Morgan fingerprint density at radius 3 is 2.54 bits per heavy atom. The predicted octanol–water partition coefficient (Wildman–Crippen LogP) is 1.52. The number of nitrogens with two attached hydrogens (primary N) is 1. The summed E-state index contributed by atoms with van der Waals surface area (Å²) in [5.41, 5.74) is 3.31. The number of rotatable bonds is 4. The molecular formula is C28H35ClN4O6. The van der Waals surface area contributed by atoms with E-state index < -0.39 is 64.3 Å². The smallest absolute Gasteiger partial charge is 0.233 e. The van der Waals surface area contributed by atoms with Gasteiger partial charge < -0.3 is 21.4 Å². The molecular weight excluding hydrogens is 524 g/mol. The van der Waals surface area contributed by atoms with Crippen LogP contribution in [0.2, 0.25) is 5.02 Å². The van der Waals surface area contributed by atoms with Crippen LogP contribution in [0.5, 0.6) is 5.75 Å². The van der Waals surface area contributed by atoms with Crippen molar-refractivity contribution in [1.82, 2.24) is 9.80 Å². The summed E-state index contributed by atoms with van der Waals surface area (Å²) in [5.74, 6) is -8.41. The molecule has 1 amide bonds. The van der Waals surface area contributed by atoms with Gasteiger partial charge in [-0.1, -0.05) is 11.6 Å². The Kier molecular flexibility index (Phi) is 6.77. The second-order valence-electron chi connectivity index (χ2n) is 12.0. The number of amides is 1. The fourth-order valence-electron chi connectivity index (χ4n) is 7.71. The van der Waals surface area contributed by atoms with Crippen molar-refractivity contribution >= 4 is 40.6 Å². The second kappa shape index (κ2) is 9.47. The Hall–Kier alpha value is -2.66. The number of fused-ring (bicyclic) bond motifs is 3. The number of nitrogens with zero attached hydrogens (tertiary/aromatic N) is 2. The van der Waals surface area contributed by atoms with Crippen LogP contribution in [0.15, 0.2) is 6.07 Å². The molecule has 5 N–H and O–H groups in total. The van der Waals surface area contributed by atoms with E-state index in [2.05, 4.69) is 18.7 Å². The molecule has 5 rings (SSSR count). The van der Waals surface area contributed by atoms with Crippen LogP contribution in [0.3, 0.4) is 0 Å². The maximum absolute atomic E-state index is 14.0. The van der Waals surface area contributed by atoms with Crippen LogP contribution >= 0.6 is 11.6 Å². The summed E-state index contributed by atoms with van der Waals surface area (Å²) in [4.78, 5) is 57.1. The van der Waals surface area contributed by atoms with Crippen LogP contribution in [0, 0.1) is 29.1 Å². The number of primary amides is 1. The van der Waals surface area contributed by atoms with E-state index in [0.29, 0.717) is 10.6 Å². The summed E-state index contributed by atoms with van der Waals surface area (Å²) in [7, 11) is 3.19. The molecule has 39 heavy (non-hydrogen) atoms. The molecule has 0 bridgehead atoms. The van der Waals surface area contributed by atoms with Crippen LogP contribution in [0.1, 0.15) is 60.6 Å². The third-order valence-electron chi connectivity index (χ3n) is 9.40. The fraction of sp³-hybridized carbons (Fsp3) is 0.607. The number of carbonyl (C=O) groups is 4. The number of Topliss-reactive ketones (excluding diaryl/α,β-unsaturated/α-hetero) is 3. The van der Waals surface area contributed by atoms with Gasteiger partial charge in [-0.3, -0.25) is 29.0 Å². The molecule has 0 radical (unpaired) electrons. The summed E-state index contributed by atoms with van der Waals surface area (Å²) in [5, 5.41) is 31.8. The maximum atomic E-state index is 14.0. The van der Waals surface area contributed by atoms with E-state index >= 15 is 0 Å². The minimum atomic E-state index is -2.52. The summed E-state index contributed by atoms with van der Waals surface area (Å²) in [6.07, 6.45) is 2.11. The van der Waals surface area contributed by atoms with Crippen molar-refractivity contribution < 1.29 is 29.4 Å². The number of nitrogens with one attached hydrogen (secondary N) is 1. The first-order valence-corrected chi connectivity index (χ1v) is 13.8. The van der Waals surface area contributed by atoms with Crippen molar-refractivity contribution in [2.75, 3.05) is 20.6 Å². The number of hydrogen-bond acceptors (Lipinski definition) is 9. The van der Waals surface area contributed by atoms with Gasteiger partial charge in [0.05, 0.1) is 23.2 Å². The van der Waals surface area contributed by atoms with Gasteiger partial charge in [-0.2, -0.15) is 0 Å². The zero-order chi connectivity index (χ0) is 28.7. The molecule has 1 aromatic carbocycles. The number of phenolic OH excluding ortho intramolecular Hbond substituents is 1. The maximum Gasteiger partial charge on any atom is 0.233 e. The molecule has 3 fully saturated rings. The van der Waals surface area contributed by atoms with E-state index in [4.69, 9.17) is 22.7 Å². The lowest BCUT2D eigenvalue weighted by Crippen LogP contribution is -2.73. The first-order valence-electron chi connectivity index (χ1n) is 13.4. The van der Waals surface area contributed by atoms with Crippen LogP contribution in [0.25, 0.3) is 0 Å². The van der Waals surface area contributed by atoms with Gasteiger partial charge in [-0.05, 0) is 83.3 Å². The summed E-state index contributed by atoms with van der Waals surface area (Å²) in [6.45, 7) is 5.09. The number of likely N-dealkylation sites (N-methyl/N-ethyl adjacent to an activating group) is 1. The number of likely N-dealkylation sites (tertiary alicyclic amines) is 1. The summed E-state index contributed by atoms with van der Waals surface area (Å²) < 4.78 is 0. The minimum absolute atomic E-state index is 0.0140. The zero-order valence-electron chi connectivity index (χ0n) is 22.5. The normalized spacial score (nSPS) is 34.9. The predicted molar refractivity (Wildman–Crippen MR) is 143 cm³/mol. The Labute approximate surface area is 232 Å². The number of aliphatic hydroxyl groups is 1. The molecule has 10 nitrogen and oxygen atoms in total. The molecule has 4 aliphatic rings. The molecule has 7 atom stereocenters. The van der Waals surface area contributed by atoms with Crippen LogP contribution < -0.4 is 5.73 Å². The van der Waals surface area contributed by atoms with Crippen molar-refractivity contribution in [1.29, 1.82) is 5.41 Å². The van der Waals surface area contributed by atoms with Crippen molar-refractivity contribution in [2.24, 2.45) is 29.4 Å². The molecule has 11 heteroatoms. The van der Waals surface area contributed by atoms with Gasteiger partial charge in [0, 0.05) is 23.0 Å². The second-order valence-corrected chi connectivity index (χ2v) is 12.4. The Balaban J connectivity index is 1.61. The minimum Gasteiger partial charge on any atom is -0.507 e. The molecule has 2 saturated carbocycles. The highest BCUT2D eigenvalue weighted by atomic mass is 35.5. The highest BCUT2D eigenvalue weighted by molar-refractivity contribution is 6.35. The van der Waals surface area contributed by atoms with Gasteiger partial charge in [0.2, 0.25) is 5.91 Å². The number of hydrogen-bond donors (Lipinski definition) is 4. The van der Waals surface area contributed by atoms with Gasteiger partial charge in [0.25, 0.3) is 0 Å². The Bertz CT molecular complexity index is 1310. The van der Waals surface area contributed by atoms with E-state index in [1.54, 1.807) is 14.1 Å². The molecule has 0 spiro atoms. The highest BCUT2D eigenvalue weighted by Crippen LogP contribution is 2.53. The monoisotopic (exact) mass is 558 g/mol. The van der Waals surface area contributed by atoms with Crippen LogP contribution in [0.4, 0.5) is 0 Å². The van der Waals surface area contributed by atoms with Crippen LogP contribution in [-0.2, 0) is 20.8 Å².